The molecule has 0 saturated carbocycles. The predicted octanol–water partition coefficient (Wildman–Crippen LogP) is 3.31. The average molecular weight is 415 g/mol. The number of imidazole rings is 1. The van der Waals surface area contributed by atoms with Crippen LogP contribution in [0.15, 0.2) is 60.8 Å². The number of aromatic nitrogens is 3. The maximum Gasteiger partial charge on any atom is 0.156 e. The maximum absolute atomic E-state index is 10.5. The van der Waals surface area contributed by atoms with E-state index in [1.807, 2.05) is 47.2 Å². The minimum absolute atomic E-state index is 0.172. The van der Waals surface area contributed by atoms with Gasteiger partial charge in [-0.15, -0.1) is 0 Å². The van der Waals surface area contributed by atoms with Crippen LogP contribution in [0.25, 0.3) is 22.4 Å². The van der Waals surface area contributed by atoms with E-state index in [-0.39, 0.29) is 11.5 Å². The summed E-state index contributed by atoms with van der Waals surface area (Å²) >= 11 is 0. The monoisotopic (exact) mass is 415 g/mol. The van der Waals surface area contributed by atoms with Crippen LogP contribution >= 0.6 is 0 Å². The van der Waals surface area contributed by atoms with Crippen LogP contribution in [0.2, 0.25) is 0 Å². The number of pyridine rings is 1. The first-order valence-electron chi connectivity index (χ1n) is 10.5. The number of hydrogen-bond acceptors (Lipinski definition) is 6. The van der Waals surface area contributed by atoms with Crippen LogP contribution in [-0.4, -0.2) is 62.9 Å². The van der Waals surface area contributed by atoms with E-state index in [4.69, 9.17) is 4.98 Å². The zero-order valence-electron chi connectivity index (χ0n) is 17.4. The summed E-state index contributed by atoms with van der Waals surface area (Å²) in [5, 5.41) is 20.9. The molecule has 0 bridgehead atoms. The molecule has 0 spiro atoms. The fourth-order valence-corrected chi connectivity index (χ4v) is 4.13. The Kier molecular flexibility index (Phi) is 4.95. The number of fused-ring (bicyclic) bond motifs is 1. The molecule has 1 fully saturated rings. The second-order valence-electron chi connectivity index (χ2n) is 7.96. The molecule has 0 atom stereocenters. The summed E-state index contributed by atoms with van der Waals surface area (Å²) in [6.07, 6.45) is 1.81. The van der Waals surface area contributed by atoms with Crippen LogP contribution in [0.1, 0.15) is 5.56 Å². The number of para-hydroxylation sites is 2. The second kappa shape index (κ2) is 7.92. The number of benzene rings is 2. The lowest BCUT2D eigenvalue weighted by Crippen LogP contribution is -2.44. The SMILES string of the molecule is CN1CCN(c2nccc3c2nc(-c2ccccc2O)n3Cc2ccccc2O)CC1. The molecule has 31 heavy (non-hydrogen) atoms. The third-order valence-electron chi connectivity index (χ3n) is 5.92. The summed E-state index contributed by atoms with van der Waals surface area (Å²) in [6.45, 7) is 4.16. The fraction of sp³-hybridized carbons (Fsp3) is 0.250. The first kappa shape index (κ1) is 19.4. The molecule has 2 N–H and O–H groups in total. The average Bonchev–Trinajstić information content (AvgIpc) is 3.14. The van der Waals surface area contributed by atoms with Gasteiger partial charge in [-0.25, -0.2) is 9.97 Å². The minimum atomic E-state index is 0.172. The van der Waals surface area contributed by atoms with Crippen molar-refractivity contribution < 1.29 is 10.2 Å². The lowest BCUT2D eigenvalue weighted by Gasteiger charge is -2.33. The summed E-state index contributed by atoms with van der Waals surface area (Å²) < 4.78 is 2.04. The molecule has 1 aliphatic heterocycles. The van der Waals surface area contributed by atoms with Crippen LogP contribution < -0.4 is 4.90 Å². The van der Waals surface area contributed by atoms with Crippen LogP contribution in [0.3, 0.4) is 0 Å². The lowest BCUT2D eigenvalue weighted by atomic mass is 10.1. The Balaban J connectivity index is 1.69. The molecular weight excluding hydrogens is 390 g/mol. The van der Waals surface area contributed by atoms with Crippen molar-refractivity contribution in [1.29, 1.82) is 0 Å². The van der Waals surface area contributed by atoms with Gasteiger partial charge in [-0.3, -0.25) is 0 Å². The third kappa shape index (κ3) is 3.57. The van der Waals surface area contributed by atoms with Gasteiger partial charge in [0, 0.05) is 37.9 Å². The smallest absolute Gasteiger partial charge is 0.156 e. The third-order valence-corrected chi connectivity index (χ3v) is 5.92. The van der Waals surface area contributed by atoms with Crippen molar-refractivity contribution in [3.63, 3.8) is 0 Å². The number of hydrogen-bond donors (Lipinski definition) is 2. The first-order chi connectivity index (χ1) is 15.1. The van der Waals surface area contributed by atoms with Crippen molar-refractivity contribution in [1.82, 2.24) is 19.4 Å². The number of nitrogens with zero attached hydrogens (tertiary/aromatic N) is 5. The Hall–Kier alpha value is -3.58. The number of rotatable bonds is 4. The Bertz CT molecular complexity index is 1230. The summed E-state index contributed by atoms with van der Waals surface area (Å²) in [5.74, 6) is 1.92. The Morgan fingerprint density at radius 1 is 0.871 bits per heavy atom. The van der Waals surface area contributed by atoms with E-state index >= 15 is 0 Å². The van der Waals surface area contributed by atoms with E-state index in [2.05, 4.69) is 21.8 Å². The van der Waals surface area contributed by atoms with Crippen LogP contribution in [0.5, 0.6) is 11.5 Å². The molecule has 4 aromatic rings. The normalized spacial score (nSPS) is 14.9. The van der Waals surface area contributed by atoms with E-state index in [1.165, 1.54) is 0 Å². The molecule has 2 aromatic carbocycles. The molecule has 2 aromatic heterocycles. The number of phenolic OH excluding ortho intramolecular Hbond substituents is 2. The Labute approximate surface area is 180 Å². The van der Waals surface area contributed by atoms with Gasteiger partial charge in [0.05, 0.1) is 17.6 Å². The van der Waals surface area contributed by atoms with Gasteiger partial charge in [-0.05, 0) is 31.3 Å². The standard InChI is InChI=1S/C24H25N5O2/c1-27-12-14-28(15-13-27)24-22-19(10-11-25-24)29(16-17-6-2-4-8-20(17)30)23(26-22)18-7-3-5-9-21(18)31/h2-11,30-31H,12-16H2,1H3. The van der Waals surface area contributed by atoms with Crippen molar-refractivity contribution in [2.75, 3.05) is 38.1 Å². The van der Waals surface area contributed by atoms with E-state index in [0.717, 1.165) is 48.6 Å². The van der Waals surface area contributed by atoms with Crippen molar-refractivity contribution in [3.05, 3.63) is 66.4 Å². The molecule has 7 nitrogen and oxygen atoms in total. The molecule has 0 aliphatic carbocycles. The highest BCUT2D eigenvalue weighted by Gasteiger charge is 2.23. The van der Waals surface area contributed by atoms with Crippen LogP contribution in [0.4, 0.5) is 5.82 Å². The molecule has 1 saturated heterocycles. The number of likely N-dealkylation sites (N-methyl/N-ethyl adjacent to an activating group) is 1. The molecule has 0 radical (unpaired) electrons. The van der Waals surface area contributed by atoms with Gasteiger partial charge >= 0.3 is 0 Å². The zero-order chi connectivity index (χ0) is 21.4. The molecule has 0 unspecified atom stereocenters. The second-order valence-corrected chi connectivity index (χ2v) is 7.96. The highest BCUT2D eigenvalue weighted by molar-refractivity contribution is 5.90. The molecule has 0 amide bonds. The van der Waals surface area contributed by atoms with Crippen molar-refractivity contribution in [2.45, 2.75) is 6.54 Å². The molecule has 3 heterocycles. The van der Waals surface area contributed by atoms with E-state index < -0.39 is 0 Å². The highest BCUT2D eigenvalue weighted by atomic mass is 16.3. The largest absolute Gasteiger partial charge is 0.508 e. The number of piperazine rings is 1. The molecule has 5 rings (SSSR count). The van der Waals surface area contributed by atoms with E-state index in [0.29, 0.717) is 17.9 Å². The summed E-state index contributed by atoms with van der Waals surface area (Å²) in [5.41, 5.74) is 3.17. The van der Waals surface area contributed by atoms with Crippen LogP contribution in [0, 0.1) is 0 Å². The number of aromatic hydroxyl groups is 2. The number of phenols is 2. The van der Waals surface area contributed by atoms with Gasteiger partial charge in [0.15, 0.2) is 5.82 Å². The van der Waals surface area contributed by atoms with Gasteiger partial charge in [-0.1, -0.05) is 30.3 Å². The van der Waals surface area contributed by atoms with E-state index in [1.54, 1.807) is 18.2 Å². The Morgan fingerprint density at radius 3 is 2.32 bits per heavy atom. The van der Waals surface area contributed by atoms with Gasteiger partial charge in [0.2, 0.25) is 0 Å². The Morgan fingerprint density at radius 2 is 1.58 bits per heavy atom. The molecular formula is C24H25N5O2. The summed E-state index contributed by atoms with van der Waals surface area (Å²) in [4.78, 5) is 14.2. The fourth-order valence-electron chi connectivity index (χ4n) is 4.13. The first-order valence-corrected chi connectivity index (χ1v) is 10.5. The van der Waals surface area contributed by atoms with Gasteiger partial charge < -0.3 is 24.6 Å². The highest BCUT2D eigenvalue weighted by Crippen LogP contribution is 2.35. The van der Waals surface area contributed by atoms with Gasteiger partial charge in [0.1, 0.15) is 22.8 Å². The lowest BCUT2D eigenvalue weighted by molar-refractivity contribution is 0.312. The number of anilines is 1. The van der Waals surface area contributed by atoms with Gasteiger partial charge in [0.25, 0.3) is 0 Å². The zero-order valence-corrected chi connectivity index (χ0v) is 17.4. The van der Waals surface area contributed by atoms with Crippen molar-refractivity contribution in [2.24, 2.45) is 0 Å². The summed E-state index contributed by atoms with van der Waals surface area (Å²) in [6, 6.07) is 16.5. The van der Waals surface area contributed by atoms with Gasteiger partial charge in [-0.2, -0.15) is 0 Å². The molecule has 7 heteroatoms. The minimum Gasteiger partial charge on any atom is -0.508 e. The molecule has 158 valence electrons. The van der Waals surface area contributed by atoms with Crippen LogP contribution in [-0.2, 0) is 6.54 Å². The summed E-state index contributed by atoms with van der Waals surface area (Å²) in [7, 11) is 2.13. The quantitative estimate of drug-likeness (QED) is 0.533. The van der Waals surface area contributed by atoms with E-state index in [9.17, 15) is 10.2 Å². The maximum atomic E-state index is 10.5. The predicted molar refractivity (Wildman–Crippen MR) is 122 cm³/mol. The van der Waals surface area contributed by atoms with Crippen molar-refractivity contribution in [3.8, 4) is 22.9 Å². The topological polar surface area (TPSA) is 77.7 Å². The molecule has 1 aliphatic rings. The van der Waals surface area contributed by atoms with Crippen molar-refractivity contribution >= 4 is 16.9 Å².